The normalized spacial score (nSPS) is 20.6. The first-order chi connectivity index (χ1) is 6.74. The third kappa shape index (κ3) is 3.69. The Hall–Kier alpha value is -0.530. The first-order valence-corrected chi connectivity index (χ1v) is 5.96. The highest BCUT2D eigenvalue weighted by atomic mass is 16.4. The monoisotopic (exact) mass is 198 g/mol. The maximum Gasteiger partial charge on any atom is 0.306 e. The van der Waals surface area contributed by atoms with Crippen molar-refractivity contribution >= 4 is 5.97 Å². The van der Waals surface area contributed by atoms with Gasteiger partial charge in [-0.2, -0.15) is 0 Å². The van der Waals surface area contributed by atoms with Crippen molar-refractivity contribution in [3.05, 3.63) is 0 Å². The Kier molecular flexibility index (Phi) is 4.99. The second-order valence-electron chi connectivity index (χ2n) is 4.56. The lowest BCUT2D eigenvalue weighted by Gasteiger charge is -2.24. The number of carbonyl (C=O) groups is 1. The summed E-state index contributed by atoms with van der Waals surface area (Å²) in [5.41, 5.74) is 0. The second kappa shape index (κ2) is 6.05. The molecule has 82 valence electrons. The first kappa shape index (κ1) is 11.5. The van der Waals surface area contributed by atoms with Gasteiger partial charge in [-0.15, -0.1) is 0 Å². The van der Waals surface area contributed by atoms with Gasteiger partial charge >= 0.3 is 5.97 Å². The first-order valence-electron chi connectivity index (χ1n) is 5.96. The minimum Gasteiger partial charge on any atom is -0.481 e. The zero-order valence-corrected chi connectivity index (χ0v) is 9.17. The Balaban J connectivity index is 2.33. The minimum absolute atomic E-state index is 0.0805. The third-order valence-corrected chi connectivity index (χ3v) is 3.33. The molecule has 0 bridgehead atoms. The molecular formula is C12H22O2. The summed E-state index contributed by atoms with van der Waals surface area (Å²) in [6, 6.07) is 0. The van der Waals surface area contributed by atoms with Gasteiger partial charge in [-0.05, 0) is 18.8 Å². The second-order valence-corrected chi connectivity index (χ2v) is 4.56. The summed E-state index contributed by atoms with van der Waals surface area (Å²) in [4.78, 5) is 11.0. The van der Waals surface area contributed by atoms with E-state index in [0.717, 1.165) is 19.3 Å². The Morgan fingerprint density at radius 1 is 1.36 bits per heavy atom. The topological polar surface area (TPSA) is 37.3 Å². The molecule has 1 aliphatic rings. The van der Waals surface area contributed by atoms with E-state index in [1.807, 2.05) is 0 Å². The molecule has 1 N–H and O–H groups in total. The van der Waals surface area contributed by atoms with E-state index in [2.05, 4.69) is 6.92 Å². The van der Waals surface area contributed by atoms with E-state index in [0.29, 0.717) is 5.92 Å². The predicted octanol–water partition coefficient (Wildman–Crippen LogP) is 3.46. The van der Waals surface area contributed by atoms with Gasteiger partial charge < -0.3 is 5.11 Å². The summed E-state index contributed by atoms with van der Waals surface area (Å²) < 4.78 is 0. The molecule has 0 aliphatic heterocycles. The van der Waals surface area contributed by atoms with Crippen LogP contribution < -0.4 is 0 Å². The molecule has 14 heavy (non-hydrogen) atoms. The summed E-state index contributed by atoms with van der Waals surface area (Å²) in [7, 11) is 0. The molecule has 0 heterocycles. The highest BCUT2D eigenvalue weighted by Crippen LogP contribution is 2.30. The predicted molar refractivity (Wildman–Crippen MR) is 57.2 cm³/mol. The van der Waals surface area contributed by atoms with Crippen LogP contribution in [0.3, 0.4) is 0 Å². The Labute approximate surface area is 86.7 Å². The average molecular weight is 198 g/mol. The van der Waals surface area contributed by atoms with E-state index in [4.69, 9.17) is 5.11 Å². The number of rotatable bonds is 5. The Morgan fingerprint density at radius 3 is 2.50 bits per heavy atom. The number of carboxylic acid groups (broad SMARTS) is 1. The molecule has 0 amide bonds. The molecule has 0 aromatic carbocycles. The van der Waals surface area contributed by atoms with Crippen LogP contribution in [0.2, 0.25) is 0 Å². The number of aliphatic carboxylic acids is 1. The molecule has 1 aliphatic carbocycles. The molecule has 1 atom stereocenters. The van der Waals surface area contributed by atoms with Crippen LogP contribution in [-0.4, -0.2) is 11.1 Å². The van der Waals surface area contributed by atoms with Gasteiger partial charge in [0.25, 0.3) is 0 Å². The van der Waals surface area contributed by atoms with Gasteiger partial charge in [-0.1, -0.05) is 45.4 Å². The average Bonchev–Trinajstić information content (AvgIpc) is 2.18. The fourth-order valence-electron chi connectivity index (χ4n) is 2.52. The van der Waals surface area contributed by atoms with Crippen LogP contribution in [0, 0.1) is 11.8 Å². The highest BCUT2D eigenvalue weighted by molar-refractivity contribution is 5.69. The molecule has 2 nitrogen and oxygen atoms in total. The highest BCUT2D eigenvalue weighted by Gasteiger charge is 2.22. The van der Waals surface area contributed by atoms with Crippen LogP contribution in [-0.2, 0) is 4.79 Å². The van der Waals surface area contributed by atoms with Crippen LogP contribution in [0.15, 0.2) is 0 Å². The quantitative estimate of drug-likeness (QED) is 0.734. The van der Waals surface area contributed by atoms with Crippen molar-refractivity contribution in [3.8, 4) is 0 Å². The van der Waals surface area contributed by atoms with Crippen LogP contribution in [0.4, 0.5) is 0 Å². The molecule has 1 unspecified atom stereocenters. The number of hydrogen-bond acceptors (Lipinski definition) is 1. The molecule has 1 fully saturated rings. The summed E-state index contributed by atoms with van der Waals surface area (Å²) in [6.07, 6.45) is 9.24. The molecule has 0 saturated heterocycles. The van der Waals surface area contributed by atoms with Crippen molar-refractivity contribution in [1.29, 1.82) is 0 Å². The van der Waals surface area contributed by atoms with Crippen LogP contribution >= 0.6 is 0 Å². The smallest absolute Gasteiger partial charge is 0.306 e. The largest absolute Gasteiger partial charge is 0.481 e. The third-order valence-electron chi connectivity index (χ3n) is 3.33. The SMILES string of the molecule is CCCC(CC1CCCCC1)C(=O)O. The van der Waals surface area contributed by atoms with Gasteiger partial charge in [0, 0.05) is 0 Å². The fourth-order valence-corrected chi connectivity index (χ4v) is 2.52. The molecular weight excluding hydrogens is 176 g/mol. The zero-order valence-electron chi connectivity index (χ0n) is 9.17. The van der Waals surface area contributed by atoms with Crippen molar-refractivity contribution in [2.75, 3.05) is 0 Å². The molecule has 1 saturated carbocycles. The van der Waals surface area contributed by atoms with Gasteiger partial charge in [0.15, 0.2) is 0 Å². The Morgan fingerprint density at radius 2 is 2.00 bits per heavy atom. The van der Waals surface area contributed by atoms with Gasteiger partial charge in [0.1, 0.15) is 0 Å². The standard InChI is InChI=1S/C12H22O2/c1-2-6-11(12(13)14)9-10-7-4-3-5-8-10/h10-11H,2-9H2,1H3,(H,13,14). The van der Waals surface area contributed by atoms with E-state index >= 15 is 0 Å². The van der Waals surface area contributed by atoms with E-state index < -0.39 is 5.97 Å². The molecule has 2 heteroatoms. The summed E-state index contributed by atoms with van der Waals surface area (Å²) >= 11 is 0. The fraction of sp³-hybridized carbons (Fsp3) is 0.917. The van der Waals surface area contributed by atoms with Gasteiger partial charge in [-0.25, -0.2) is 0 Å². The number of carboxylic acids is 1. The number of hydrogen-bond donors (Lipinski definition) is 1. The van der Waals surface area contributed by atoms with Crippen LogP contribution in [0.5, 0.6) is 0 Å². The molecule has 1 rings (SSSR count). The maximum absolute atomic E-state index is 11.0. The lowest BCUT2D eigenvalue weighted by molar-refractivity contribution is -0.142. The lowest BCUT2D eigenvalue weighted by Crippen LogP contribution is -2.19. The van der Waals surface area contributed by atoms with E-state index in [1.165, 1.54) is 32.1 Å². The summed E-state index contributed by atoms with van der Waals surface area (Å²) in [6.45, 7) is 2.07. The molecule has 0 spiro atoms. The lowest BCUT2D eigenvalue weighted by atomic mass is 9.81. The molecule has 0 aromatic rings. The van der Waals surface area contributed by atoms with E-state index in [-0.39, 0.29) is 5.92 Å². The summed E-state index contributed by atoms with van der Waals surface area (Å²) in [5, 5.41) is 9.04. The van der Waals surface area contributed by atoms with Gasteiger partial charge in [-0.3, -0.25) is 4.79 Å². The van der Waals surface area contributed by atoms with Crippen LogP contribution in [0.25, 0.3) is 0 Å². The van der Waals surface area contributed by atoms with Crippen molar-refractivity contribution in [2.24, 2.45) is 11.8 Å². The molecule has 0 radical (unpaired) electrons. The van der Waals surface area contributed by atoms with Crippen molar-refractivity contribution in [2.45, 2.75) is 58.3 Å². The van der Waals surface area contributed by atoms with Crippen molar-refractivity contribution in [1.82, 2.24) is 0 Å². The van der Waals surface area contributed by atoms with Gasteiger partial charge in [0.2, 0.25) is 0 Å². The Bertz CT molecular complexity index is 171. The molecule has 0 aromatic heterocycles. The van der Waals surface area contributed by atoms with E-state index in [1.54, 1.807) is 0 Å². The van der Waals surface area contributed by atoms with Crippen molar-refractivity contribution in [3.63, 3.8) is 0 Å². The minimum atomic E-state index is -0.586. The zero-order chi connectivity index (χ0) is 10.4. The van der Waals surface area contributed by atoms with E-state index in [9.17, 15) is 4.79 Å². The van der Waals surface area contributed by atoms with Crippen molar-refractivity contribution < 1.29 is 9.90 Å². The summed E-state index contributed by atoms with van der Waals surface area (Å²) in [5.74, 6) is 0.0249. The maximum atomic E-state index is 11.0. The van der Waals surface area contributed by atoms with Crippen LogP contribution in [0.1, 0.15) is 58.3 Å². The van der Waals surface area contributed by atoms with Gasteiger partial charge in [0.05, 0.1) is 5.92 Å².